The molecule has 2 heterocycles. The molecule has 0 unspecified atom stereocenters. The molecule has 1 aliphatic heterocycles. The number of hydrogen-bond acceptors (Lipinski definition) is 10. The number of fused-ring (bicyclic) bond motifs is 2. The molecular weight excluding hydrogens is 526 g/mol. The first-order valence-corrected chi connectivity index (χ1v) is 13.6. The van der Waals surface area contributed by atoms with Gasteiger partial charge in [-0.1, -0.05) is 29.4 Å². The van der Waals surface area contributed by atoms with Crippen LogP contribution in [0, 0.1) is 5.92 Å². The molecule has 6 rings (SSSR count). The summed E-state index contributed by atoms with van der Waals surface area (Å²) in [6.07, 6.45) is 1.31. The third-order valence-corrected chi connectivity index (χ3v) is 7.78. The van der Waals surface area contributed by atoms with Crippen LogP contribution in [0.1, 0.15) is 35.7 Å². The predicted octanol–water partition coefficient (Wildman–Crippen LogP) is 5.59. The van der Waals surface area contributed by atoms with Crippen molar-refractivity contribution < 1.29 is 33.1 Å². The van der Waals surface area contributed by atoms with Crippen molar-refractivity contribution in [3.8, 4) is 28.6 Å². The number of anilines is 3. The Morgan fingerprint density at radius 1 is 1.02 bits per heavy atom. The second-order valence-corrected chi connectivity index (χ2v) is 9.98. The summed E-state index contributed by atoms with van der Waals surface area (Å²) in [5.74, 6) is 1.56. The van der Waals surface area contributed by atoms with Gasteiger partial charge in [0.1, 0.15) is 5.52 Å². The topological polar surface area (TPSA) is 112 Å². The van der Waals surface area contributed by atoms with Crippen molar-refractivity contribution in [2.45, 2.75) is 19.8 Å². The molecule has 0 spiro atoms. The van der Waals surface area contributed by atoms with E-state index in [1.165, 1.54) is 0 Å². The summed E-state index contributed by atoms with van der Waals surface area (Å²) in [7, 11) is 4.66. The smallest absolute Gasteiger partial charge is 0.309 e. The lowest BCUT2D eigenvalue weighted by molar-refractivity contribution is -0.148. The second-order valence-electron chi connectivity index (χ2n) is 9.98. The number of ketones is 1. The molecule has 0 bridgehead atoms. The van der Waals surface area contributed by atoms with Crippen LogP contribution in [0.5, 0.6) is 17.2 Å². The molecule has 0 saturated carbocycles. The molecule has 1 aliphatic carbocycles. The van der Waals surface area contributed by atoms with E-state index in [0.717, 1.165) is 5.69 Å². The van der Waals surface area contributed by atoms with Crippen LogP contribution in [0.15, 0.2) is 47.0 Å². The van der Waals surface area contributed by atoms with Gasteiger partial charge in [0.15, 0.2) is 23.0 Å². The van der Waals surface area contributed by atoms with Gasteiger partial charge in [-0.3, -0.25) is 9.59 Å². The molecule has 0 atom stereocenters. The molecule has 1 N–H and O–H groups in total. The van der Waals surface area contributed by atoms with Crippen molar-refractivity contribution >= 4 is 39.7 Å². The van der Waals surface area contributed by atoms with E-state index in [4.69, 9.17) is 23.5 Å². The van der Waals surface area contributed by atoms with Crippen LogP contribution < -0.4 is 24.4 Å². The van der Waals surface area contributed by atoms with Crippen molar-refractivity contribution in [3.05, 3.63) is 53.6 Å². The van der Waals surface area contributed by atoms with Crippen molar-refractivity contribution in [2.24, 2.45) is 5.92 Å². The fraction of sp³-hybridized carbons (Fsp3) is 0.323. The highest BCUT2D eigenvalue weighted by molar-refractivity contribution is 6.28. The fourth-order valence-corrected chi connectivity index (χ4v) is 5.81. The van der Waals surface area contributed by atoms with Crippen LogP contribution in [-0.4, -0.2) is 57.9 Å². The molecule has 0 radical (unpaired) electrons. The van der Waals surface area contributed by atoms with E-state index in [9.17, 15) is 9.59 Å². The monoisotopic (exact) mass is 557 g/mol. The van der Waals surface area contributed by atoms with E-state index in [1.807, 2.05) is 31.2 Å². The normalized spacial score (nSPS) is 14.5. The molecule has 10 heteroatoms. The Hall–Kier alpha value is -4.73. The number of methoxy groups -OCH3 is 3. The van der Waals surface area contributed by atoms with Crippen LogP contribution in [0.2, 0.25) is 0 Å². The third kappa shape index (κ3) is 4.39. The molecule has 1 saturated heterocycles. The zero-order valence-corrected chi connectivity index (χ0v) is 23.4. The summed E-state index contributed by atoms with van der Waals surface area (Å²) in [6.45, 7) is 3.45. The van der Waals surface area contributed by atoms with Gasteiger partial charge in [-0.2, -0.15) is 0 Å². The van der Waals surface area contributed by atoms with E-state index in [-0.39, 0.29) is 17.7 Å². The SMILES string of the molecule is CCOC(=O)C1CCN(c2cc(Nc3cc(OC)c(OC)c(OC)c3)c3c4c(onc24)-c2ccccc2C3=O)CC1. The maximum absolute atomic E-state index is 14.0. The first-order chi connectivity index (χ1) is 20.0. The van der Waals surface area contributed by atoms with Crippen LogP contribution in [0.25, 0.3) is 22.2 Å². The second kappa shape index (κ2) is 10.7. The Morgan fingerprint density at radius 2 is 1.71 bits per heavy atom. The highest BCUT2D eigenvalue weighted by Crippen LogP contribution is 2.48. The molecule has 41 heavy (non-hydrogen) atoms. The highest BCUT2D eigenvalue weighted by Gasteiger charge is 2.35. The van der Waals surface area contributed by atoms with E-state index < -0.39 is 0 Å². The van der Waals surface area contributed by atoms with Gasteiger partial charge in [0.05, 0.1) is 56.2 Å². The van der Waals surface area contributed by atoms with Gasteiger partial charge < -0.3 is 33.7 Å². The van der Waals surface area contributed by atoms with Gasteiger partial charge in [0, 0.05) is 42.0 Å². The van der Waals surface area contributed by atoms with Crippen molar-refractivity contribution in [1.82, 2.24) is 5.16 Å². The van der Waals surface area contributed by atoms with Gasteiger partial charge in [-0.15, -0.1) is 0 Å². The number of esters is 1. The molecule has 10 nitrogen and oxygen atoms in total. The maximum Gasteiger partial charge on any atom is 0.309 e. The number of nitrogens with one attached hydrogen (secondary N) is 1. The molecule has 212 valence electrons. The first-order valence-electron chi connectivity index (χ1n) is 13.6. The van der Waals surface area contributed by atoms with Gasteiger partial charge in [-0.25, -0.2) is 0 Å². The minimum absolute atomic E-state index is 0.121. The number of benzene rings is 3. The Labute approximate surface area is 237 Å². The van der Waals surface area contributed by atoms with Gasteiger partial charge in [0.25, 0.3) is 0 Å². The van der Waals surface area contributed by atoms with Gasteiger partial charge in [-0.05, 0) is 25.8 Å². The lowest BCUT2D eigenvalue weighted by atomic mass is 9.86. The summed E-state index contributed by atoms with van der Waals surface area (Å²) in [5.41, 5.74) is 4.42. The van der Waals surface area contributed by atoms with Crippen molar-refractivity contribution in [2.75, 3.05) is 51.2 Å². The molecule has 1 aromatic heterocycles. The number of ether oxygens (including phenoxy) is 4. The van der Waals surface area contributed by atoms with Crippen LogP contribution >= 0.6 is 0 Å². The summed E-state index contributed by atoms with van der Waals surface area (Å²) in [4.78, 5) is 28.5. The zero-order chi connectivity index (χ0) is 28.7. The average Bonchev–Trinajstić information content (AvgIpc) is 3.45. The van der Waals surface area contributed by atoms with E-state index in [1.54, 1.807) is 39.5 Å². The standard InChI is InChI=1S/C31H31N3O7/c1-5-40-31(36)17-10-12-34(13-11-17)22-16-21(32-18-14-23(37-2)30(39-4)24(15-18)38-3)25-26-27(22)33-41-29(26)20-9-7-6-8-19(20)28(25)35/h6-9,14-17,32H,5,10-13H2,1-4H3. The summed E-state index contributed by atoms with van der Waals surface area (Å²) < 4.78 is 27.8. The quantitative estimate of drug-likeness (QED) is 0.242. The third-order valence-electron chi connectivity index (χ3n) is 7.78. The number of piperidine rings is 1. The number of carbonyl (C=O) groups excluding carboxylic acids is 2. The van der Waals surface area contributed by atoms with Crippen molar-refractivity contribution in [1.29, 1.82) is 0 Å². The predicted molar refractivity (Wildman–Crippen MR) is 154 cm³/mol. The summed E-state index contributed by atoms with van der Waals surface area (Å²) in [5, 5.41) is 8.57. The fourth-order valence-electron chi connectivity index (χ4n) is 5.81. The molecule has 2 aliphatic rings. The Morgan fingerprint density at radius 3 is 2.34 bits per heavy atom. The lowest BCUT2D eigenvalue weighted by Gasteiger charge is -2.33. The lowest BCUT2D eigenvalue weighted by Crippen LogP contribution is -2.37. The molecule has 4 aromatic rings. The zero-order valence-electron chi connectivity index (χ0n) is 23.4. The van der Waals surface area contributed by atoms with Crippen LogP contribution in [-0.2, 0) is 9.53 Å². The highest BCUT2D eigenvalue weighted by atomic mass is 16.5. The number of hydrogen-bond donors (Lipinski definition) is 1. The maximum atomic E-state index is 14.0. The number of rotatable bonds is 8. The molecule has 0 amide bonds. The summed E-state index contributed by atoms with van der Waals surface area (Å²) in [6, 6.07) is 12.9. The first kappa shape index (κ1) is 26.5. The Bertz CT molecular complexity index is 1630. The minimum Gasteiger partial charge on any atom is -0.493 e. The average molecular weight is 558 g/mol. The molecule has 3 aromatic carbocycles. The number of nitrogens with zero attached hydrogens (tertiary/aromatic N) is 2. The van der Waals surface area contributed by atoms with Crippen molar-refractivity contribution in [3.63, 3.8) is 0 Å². The Balaban J connectivity index is 1.48. The minimum atomic E-state index is -0.155. The number of aromatic nitrogens is 1. The summed E-state index contributed by atoms with van der Waals surface area (Å²) >= 11 is 0. The van der Waals surface area contributed by atoms with Crippen LogP contribution in [0.3, 0.4) is 0 Å². The van der Waals surface area contributed by atoms with E-state index >= 15 is 0 Å². The Kier molecular flexibility index (Phi) is 6.90. The van der Waals surface area contributed by atoms with E-state index in [0.29, 0.717) is 94.5 Å². The largest absolute Gasteiger partial charge is 0.493 e. The molecular formula is C31H31N3O7. The number of carbonyl (C=O) groups is 2. The van der Waals surface area contributed by atoms with Gasteiger partial charge in [0.2, 0.25) is 5.75 Å². The molecule has 1 fully saturated rings. The van der Waals surface area contributed by atoms with Crippen LogP contribution in [0.4, 0.5) is 17.1 Å². The van der Waals surface area contributed by atoms with Gasteiger partial charge >= 0.3 is 5.97 Å². The van der Waals surface area contributed by atoms with E-state index in [2.05, 4.69) is 15.4 Å².